The summed E-state index contributed by atoms with van der Waals surface area (Å²) < 4.78 is 14.6. The molecule has 2 aromatic carbocycles. The van der Waals surface area contributed by atoms with E-state index in [1.54, 1.807) is 12.3 Å². The SMILES string of the molecule is Fc1ccc(Cl)cc1-c1cc(-c2cncc(-c3ccc4c(c3)CNC4)c2)c2cccnc2n1. The molecule has 160 valence electrons. The molecule has 4 nitrogen and oxygen atoms in total. The number of nitrogens with zero attached hydrogens (tertiary/aromatic N) is 3. The van der Waals surface area contributed by atoms with Gasteiger partial charge in [0.1, 0.15) is 5.82 Å². The number of fused-ring (bicyclic) bond motifs is 2. The average Bonchev–Trinajstić information content (AvgIpc) is 3.33. The molecule has 5 aromatic rings. The van der Waals surface area contributed by atoms with Crippen LogP contribution in [0.15, 0.2) is 79.3 Å². The van der Waals surface area contributed by atoms with Gasteiger partial charge >= 0.3 is 0 Å². The fraction of sp³-hybridized carbons (Fsp3) is 0.0741. The van der Waals surface area contributed by atoms with Gasteiger partial charge in [0.15, 0.2) is 5.65 Å². The van der Waals surface area contributed by atoms with Gasteiger partial charge < -0.3 is 5.32 Å². The second-order valence-electron chi connectivity index (χ2n) is 8.10. The number of benzene rings is 2. The lowest BCUT2D eigenvalue weighted by Crippen LogP contribution is -1.99. The molecule has 0 saturated heterocycles. The average molecular weight is 453 g/mol. The summed E-state index contributed by atoms with van der Waals surface area (Å²) >= 11 is 6.15. The molecule has 6 heteroatoms. The van der Waals surface area contributed by atoms with Crippen LogP contribution in [-0.2, 0) is 13.1 Å². The molecule has 0 amide bonds. The van der Waals surface area contributed by atoms with Crippen LogP contribution in [0.5, 0.6) is 0 Å². The summed E-state index contributed by atoms with van der Waals surface area (Å²) in [6.07, 6.45) is 5.37. The number of rotatable bonds is 3. The van der Waals surface area contributed by atoms with Gasteiger partial charge in [0, 0.05) is 58.8 Å². The van der Waals surface area contributed by atoms with E-state index in [9.17, 15) is 4.39 Å². The Morgan fingerprint density at radius 3 is 2.64 bits per heavy atom. The Morgan fingerprint density at radius 1 is 0.818 bits per heavy atom. The van der Waals surface area contributed by atoms with E-state index >= 15 is 0 Å². The first-order valence-corrected chi connectivity index (χ1v) is 11.0. The van der Waals surface area contributed by atoms with Gasteiger partial charge in [-0.3, -0.25) is 4.98 Å². The third-order valence-electron chi connectivity index (χ3n) is 6.01. The molecular formula is C27H18ClFN4. The van der Waals surface area contributed by atoms with Crippen LogP contribution >= 0.6 is 11.6 Å². The maximum atomic E-state index is 14.6. The van der Waals surface area contributed by atoms with E-state index in [1.165, 1.54) is 23.3 Å². The van der Waals surface area contributed by atoms with Gasteiger partial charge in [-0.15, -0.1) is 0 Å². The second kappa shape index (κ2) is 8.03. The van der Waals surface area contributed by atoms with E-state index in [-0.39, 0.29) is 5.82 Å². The number of aromatic nitrogens is 3. The minimum absolute atomic E-state index is 0.339. The summed E-state index contributed by atoms with van der Waals surface area (Å²) in [6, 6.07) is 18.8. The molecule has 1 N–H and O–H groups in total. The first-order chi connectivity index (χ1) is 16.2. The third kappa shape index (κ3) is 3.65. The van der Waals surface area contributed by atoms with Crippen molar-refractivity contribution in [1.29, 1.82) is 0 Å². The lowest BCUT2D eigenvalue weighted by molar-refractivity contribution is 0.631. The van der Waals surface area contributed by atoms with Gasteiger partial charge in [0.05, 0.1) is 5.69 Å². The standard InChI is InChI=1S/C27H18ClFN4/c28-21-5-6-25(29)24(10-21)26-11-23(22-2-1-7-32-27(22)33-26)20-9-18(13-31-15-20)16-3-4-17-12-30-14-19(17)8-16/h1-11,13,15,30H,12,14H2. The highest BCUT2D eigenvalue weighted by atomic mass is 35.5. The minimum Gasteiger partial charge on any atom is -0.309 e. The Bertz CT molecular complexity index is 1530. The number of halogens is 2. The molecule has 0 spiro atoms. The smallest absolute Gasteiger partial charge is 0.160 e. The van der Waals surface area contributed by atoms with Crippen molar-refractivity contribution >= 4 is 22.6 Å². The van der Waals surface area contributed by atoms with Gasteiger partial charge in [-0.25, -0.2) is 14.4 Å². The number of nitrogens with one attached hydrogen (secondary N) is 1. The molecule has 0 bridgehead atoms. The maximum absolute atomic E-state index is 14.6. The molecule has 6 rings (SSSR count). The topological polar surface area (TPSA) is 50.7 Å². The largest absolute Gasteiger partial charge is 0.309 e. The van der Waals surface area contributed by atoms with Crippen LogP contribution in [0.25, 0.3) is 44.5 Å². The van der Waals surface area contributed by atoms with Crippen LogP contribution in [0.1, 0.15) is 11.1 Å². The summed E-state index contributed by atoms with van der Waals surface area (Å²) in [4.78, 5) is 13.6. The van der Waals surface area contributed by atoms with Crippen molar-refractivity contribution in [1.82, 2.24) is 20.3 Å². The van der Waals surface area contributed by atoms with Crippen molar-refractivity contribution in [2.45, 2.75) is 13.1 Å². The van der Waals surface area contributed by atoms with Crippen molar-refractivity contribution in [3.63, 3.8) is 0 Å². The van der Waals surface area contributed by atoms with Crippen molar-refractivity contribution in [2.75, 3.05) is 0 Å². The maximum Gasteiger partial charge on any atom is 0.160 e. The molecule has 33 heavy (non-hydrogen) atoms. The van der Waals surface area contributed by atoms with Crippen LogP contribution in [0.2, 0.25) is 5.02 Å². The van der Waals surface area contributed by atoms with Crippen molar-refractivity contribution < 1.29 is 4.39 Å². The summed E-state index contributed by atoms with van der Waals surface area (Å²) in [6.45, 7) is 1.79. The molecule has 0 fully saturated rings. The van der Waals surface area contributed by atoms with Crippen LogP contribution in [0.4, 0.5) is 4.39 Å². The van der Waals surface area contributed by atoms with E-state index in [0.29, 0.717) is 21.9 Å². The van der Waals surface area contributed by atoms with Crippen molar-refractivity contribution in [2.24, 2.45) is 0 Å². The van der Waals surface area contributed by atoms with Crippen LogP contribution in [-0.4, -0.2) is 15.0 Å². The van der Waals surface area contributed by atoms with E-state index in [4.69, 9.17) is 11.6 Å². The monoisotopic (exact) mass is 452 g/mol. The number of hydrogen-bond acceptors (Lipinski definition) is 4. The Kier molecular flexibility index (Phi) is 4.86. The van der Waals surface area contributed by atoms with Crippen LogP contribution < -0.4 is 5.32 Å². The summed E-state index contributed by atoms with van der Waals surface area (Å²) in [5.41, 5.74) is 7.94. The molecule has 3 aromatic heterocycles. The Balaban J connectivity index is 1.53. The molecule has 0 atom stereocenters. The normalized spacial score (nSPS) is 12.8. The van der Waals surface area contributed by atoms with Gasteiger partial charge in [-0.1, -0.05) is 23.7 Å². The molecule has 0 saturated carbocycles. The summed E-state index contributed by atoms with van der Waals surface area (Å²) in [5.74, 6) is -0.383. The molecule has 0 unspecified atom stereocenters. The molecule has 0 aliphatic carbocycles. The van der Waals surface area contributed by atoms with Crippen molar-refractivity contribution in [3.05, 3.63) is 101 Å². The van der Waals surface area contributed by atoms with Gasteiger partial charge in [-0.2, -0.15) is 0 Å². The zero-order chi connectivity index (χ0) is 22.4. The Hall–Kier alpha value is -3.67. The lowest BCUT2D eigenvalue weighted by atomic mass is 9.97. The fourth-order valence-corrected chi connectivity index (χ4v) is 4.52. The van der Waals surface area contributed by atoms with E-state index in [2.05, 4.69) is 44.5 Å². The van der Waals surface area contributed by atoms with Crippen molar-refractivity contribution in [3.8, 4) is 33.5 Å². The highest BCUT2D eigenvalue weighted by Gasteiger charge is 2.15. The third-order valence-corrected chi connectivity index (χ3v) is 6.24. The summed E-state index contributed by atoms with van der Waals surface area (Å²) in [7, 11) is 0. The Morgan fingerprint density at radius 2 is 1.70 bits per heavy atom. The lowest BCUT2D eigenvalue weighted by Gasteiger charge is -2.12. The fourth-order valence-electron chi connectivity index (χ4n) is 4.35. The molecule has 0 radical (unpaired) electrons. The summed E-state index contributed by atoms with van der Waals surface area (Å²) in [5, 5.41) is 4.71. The second-order valence-corrected chi connectivity index (χ2v) is 8.54. The van der Waals surface area contributed by atoms with Gasteiger partial charge in [0.25, 0.3) is 0 Å². The predicted octanol–water partition coefficient (Wildman–Crippen LogP) is 6.42. The van der Waals surface area contributed by atoms with E-state index in [0.717, 1.165) is 40.7 Å². The Labute approximate surface area is 195 Å². The number of hydrogen-bond donors (Lipinski definition) is 1. The van der Waals surface area contributed by atoms with Gasteiger partial charge in [-0.05, 0) is 70.8 Å². The van der Waals surface area contributed by atoms with Gasteiger partial charge in [0.2, 0.25) is 0 Å². The number of pyridine rings is 3. The highest BCUT2D eigenvalue weighted by molar-refractivity contribution is 6.30. The first kappa shape index (κ1) is 20.0. The molecular weight excluding hydrogens is 435 g/mol. The van der Waals surface area contributed by atoms with Crippen LogP contribution in [0.3, 0.4) is 0 Å². The first-order valence-electron chi connectivity index (χ1n) is 10.7. The molecule has 1 aliphatic heterocycles. The quantitative estimate of drug-likeness (QED) is 0.343. The van der Waals surface area contributed by atoms with E-state index in [1.807, 2.05) is 30.6 Å². The van der Waals surface area contributed by atoms with E-state index < -0.39 is 0 Å². The zero-order valence-corrected chi connectivity index (χ0v) is 18.3. The zero-order valence-electron chi connectivity index (χ0n) is 17.5. The predicted molar refractivity (Wildman–Crippen MR) is 129 cm³/mol. The van der Waals surface area contributed by atoms with Crippen LogP contribution in [0, 0.1) is 5.82 Å². The molecule has 1 aliphatic rings. The molecule has 4 heterocycles. The minimum atomic E-state index is -0.383. The highest BCUT2D eigenvalue weighted by Crippen LogP contribution is 2.35.